The molecule has 198 valence electrons. The summed E-state index contributed by atoms with van der Waals surface area (Å²) < 4.78 is 0.608. The normalized spacial score (nSPS) is 24.2. The lowest BCUT2D eigenvalue weighted by atomic mass is 9.82. The average molecular weight is 487 g/mol. The lowest BCUT2D eigenvalue weighted by Crippen LogP contribution is -2.60. The van der Waals surface area contributed by atoms with E-state index in [9.17, 15) is 15.3 Å². The molecule has 0 heterocycles. The summed E-state index contributed by atoms with van der Waals surface area (Å²) >= 11 is 0. The third-order valence-electron chi connectivity index (χ3n) is 9.67. The zero-order chi connectivity index (χ0) is 24.5. The fraction of sp³-hybridized carbons (Fsp3) is 0.806. The predicted octanol–water partition coefficient (Wildman–Crippen LogP) is 5.83. The summed E-state index contributed by atoms with van der Waals surface area (Å²) in [6.45, 7) is 2.71. The molecule has 0 saturated heterocycles. The van der Waals surface area contributed by atoms with E-state index >= 15 is 0 Å². The maximum absolute atomic E-state index is 11.6. The Morgan fingerprint density at radius 1 is 0.543 bits per heavy atom. The van der Waals surface area contributed by atoms with Crippen LogP contribution in [0.2, 0.25) is 0 Å². The molecule has 4 heteroatoms. The van der Waals surface area contributed by atoms with E-state index in [-0.39, 0.29) is 18.3 Å². The van der Waals surface area contributed by atoms with Crippen LogP contribution in [0.15, 0.2) is 30.3 Å². The monoisotopic (exact) mass is 486 g/mol. The molecule has 3 N–H and O–H groups in total. The van der Waals surface area contributed by atoms with Crippen LogP contribution in [0.3, 0.4) is 0 Å². The van der Waals surface area contributed by atoms with Crippen molar-refractivity contribution < 1.29 is 19.8 Å². The number of aliphatic hydroxyl groups is 3. The van der Waals surface area contributed by atoms with E-state index < -0.39 is 0 Å². The Kier molecular flexibility index (Phi) is 10.5. The van der Waals surface area contributed by atoms with Crippen molar-refractivity contribution in [3.63, 3.8) is 0 Å². The van der Waals surface area contributed by atoms with Gasteiger partial charge in [0.05, 0.1) is 0 Å². The second-order valence-corrected chi connectivity index (χ2v) is 12.4. The van der Waals surface area contributed by atoms with Crippen LogP contribution in [0.1, 0.15) is 102 Å². The third-order valence-corrected chi connectivity index (χ3v) is 9.67. The highest BCUT2D eigenvalue weighted by molar-refractivity contribution is 5.13. The molecule has 0 radical (unpaired) electrons. The van der Waals surface area contributed by atoms with Gasteiger partial charge in [0.2, 0.25) is 0 Å². The molecule has 4 rings (SSSR count). The minimum absolute atomic E-state index is 0.357. The van der Waals surface area contributed by atoms with Crippen molar-refractivity contribution in [1.29, 1.82) is 0 Å². The van der Waals surface area contributed by atoms with Crippen LogP contribution in [-0.4, -0.2) is 57.7 Å². The number of quaternary nitrogens is 1. The van der Waals surface area contributed by atoms with Gasteiger partial charge in [-0.3, -0.25) is 0 Å². The standard InChI is InChI=1S/C31H52NO3/c33-29(26-15-7-2-8-16-26)22-32(21-25-13-5-1-6-14-25,23-30(34)27-17-9-3-10-18-27)24-31(35)28-19-11-4-12-20-28/h1,5-6,13-14,26-31,33-35H,2-4,7-12,15-24H2/q+1/t29-,30-,31-/m0/s1. The van der Waals surface area contributed by atoms with Crippen LogP contribution >= 0.6 is 0 Å². The maximum atomic E-state index is 11.6. The molecule has 0 spiro atoms. The number of hydrogen-bond donors (Lipinski definition) is 3. The topological polar surface area (TPSA) is 60.7 Å². The molecule has 0 bridgehead atoms. The molecule has 3 aliphatic rings. The molecule has 4 nitrogen and oxygen atoms in total. The molecular formula is C31H52NO3+. The van der Waals surface area contributed by atoms with Crippen molar-refractivity contribution >= 4 is 0 Å². The first-order chi connectivity index (χ1) is 17.0. The number of nitrogens with zero attached hydrogens (tertiary/aromatic N) is 1. The molecule has 3 aliphatic carbocycles. The van der Waals surface area contributed by atoms with Gasteiger partial charge in [-0.05, 0) is 56.3 Å². The average Bonchev–Trinajstić information content (AvgIpc) is 2.90. The van der Waals surface area contributed by atoms with Crippen LogP contribution in [0, 0.1) is 17.8 Å². The zero-order valence-electron chi connectivity index (χ0n) is 22.1. The van der Waals surface area contributed by atoms with Crippen LogP contribution in [0.4, 0.5) is 0 Å². The summed E-state index contributed by atoms with van der Waals surface area (Å²) in [6, 6.07) is 10.6. The Balaban J connectivity index is 1.59. The number of rotatable bonds is 11. The highest BCUT2D eigenvalue weighted by Crippen LogP contribution is 2.34. The SMILES string of the molecule is O[C@@H](C[N+](Cc1ccccc1)(C[C@H](O)C1CCCCC1)C[C@H](O)C1CCCCC1)C1CCCCC1. The number of benzene rings is 1. The lowest BCUT2D eigenvalue weighted by Gasteiger charge is -2.46. The van der Waals surface area contributed by atoms with E-state index in [1.807, 2.05) is 0 Å². The Labute approximate surface area is 214 Å². The van der Waals surface area contributed by atoms with Gasteiger partial charge in [-0.1, -0.05) is 88.1 Å². The minimum atomic E-state index is -0.365. The van der Waals surface area contributed by atoms with Gasteiger partial charge in [0.1, 0.15) is 44.5 Å². The Morgan fingerprint density at radius 2 is 0.886 bits per heavy atom. The highest BCUT2D eigenvalue weighted by Gasteiger charge is 2.41. The number of aliphatic hydroxyl groups excluding tert-OH is 3. The van der Waals surface area contributed by atoms with Gasteiger partial charge >= 0.3 is 0 Å². The zero-order valence-corrected chi connectivity index (χ0v) is 22.1. The van der Waals surface area contributed by atoms with Crippen molar-refractivity contribution in [3.05, 3.63) is 35.9 Å². The number of hydrogen-bond acceptors (Lipinski definition) is 3. The van der Waals surface area contributed by atoms with Crippen LogP contribution in [0.25, 0.3) is 0 Å². The van der Waals surface area contributed by atoms with Crippen molar-refractivity contribution in [2.45, 2.75) is 121 Å². The Morgan fingerprint density at radius 3 is 1.23 bits per heavy atom. The molecule has 0 unspecified atom stereocenters. The van der Waals surface area contributed by atoms with Crippen molar-refractivity contribution in [3.8, 4) is 0 Å². The molecule has 0 aliphatic heterocycles. The summed E-state index contributed by atoms with van der Waals surface area (Å²) in [5.41, 5.74) is 1.25. The van der Waals surface area contributed by atoms with Gasteiger partial charge in [0, 0.05) is 5.56 Å². The van der Waals surface area contributed by atoms with Crippen LogP contribution in [0.5, 0.6) is 0 Å². The van der Waals surface area contributed by atoms with Crippen LogP contribution < -0.4 is 0 Å². The van der Waals surface area contributed by atoms with Gasteiger partial charge in [-0.2, -0.15) is 0 Å². The van der Waals surface area contributed by atoms with Gasteiger partial charge in [-0.25, -0.2) is 0 Å². The Hall–Kier alpha value is -0.940. The van der Waals surface area contributed by atoms with Gasteiger partial charge < -0.3 is 19.8 Å². The van der Waals surface area contributed by atoms with Gasteiger partial charge in [-0.15, -0.1) is 0 Å². The molecule has 3 atom stereocenters. The fourth-order valence-electron chi connectivity index (χ4n) is 7.58. The van der Waals surface area contributed by atoms with E-state index in [1.165, 1.54) is 63.4 Å². The van der Waals surface area contributed by atoms with E-state index in [4.69, 9.17) is 0 Å². The fourth-order valence-corrected chi connectivity index (χ4v) is 7.58. The van der Waals surface area contributed by atoms with E-state index in [0.717, 1.165) is 45.1 Å². The Bertz CT molecular complexity index is 643. The van der Waals surface area contributed by atoms with Gasteiger partial charge in [0.15, 0.2) is 0 Å². The lowest BCUT2D eigenvalue weighted by molar-refractivity contribution is -0.950. The van der Waals surface area contributed by atoms with Crippen molar-refractivity contribution in [2.75, 3.05) is 19.6 Å². The maximum Gasteiger partial charge on any atom is 0.106 e. The highest BCUT2D eigenvalue weighted by atomic mass is 16.3. The molecule has 0 amide bonds. The van der Waals surface area contributed by atoms with Crippen molar-refractivity contribution in [1.82, 2.24) is 0 Å². The summed E-state index contributed by atoms with van der Waals surface area (Å²) in [5.74, 6) is 1.07. The smallest absolute Gasteiger partial charge is 0.106 e. The quantitative estimate of drug-likeness (QED) is 0.345. The van der Waals surface area contributed by atoms with Crippen LogP contribution in [-0.2, 0) is 6.54 Å². The van der Waals surface area contributed by atoms with E-state index in [1.54, 1.807) is 0 Å². The van der Waals surface area contributed by atoms with E-state index in [2.05, 4.69) is 30.3 Å². The molecule has 1 aromatic rings. The first kappa shape index (κ1) is 27.1. The third kappa shape index (κ3) is 8.02. The molecule has 3 fully saturated rings. The summed E-state index contributed by atoms with van der Waals surface area (Å²) in [7, 11) is 0. The largest absolute Gasteiger partial charge is 0.387 e. The minimum Gasteiger partial charge on any atom is -0.387 e. The second-order valence-electron chi connectivity index (χ2n) is 12.4. The summed E-state index contributed by atoms with van der Waals surface area (Å²) in [4.78, 5) is 0. The predicted molar refractivity (Wildman–Crippen MR) is 143 cm³/mol. The van der Waals surface area contributed by atoms with Gasteiger partial charge in [0.25, 0.3) is 0 Å². The first-order valence-electron chi connectivity index (χ1n) is 15.0. The molecular weight excluding hydrogens is 434 g/mol. The summed E-state index contributed by atoms with van der Waals surface area (Å²) in [5, 5.41) is 34.7. The van der Waals surface area contributed by atoms with Crippen molar-refractivity contribution in [2.24, 2.45) is 17.8 Å². The molecule has 3 saturated carbocycles. The molecule has 0 aromatic heterocycles. The summed E-state index contributed by atoms with van der Waals surface area (Å²) in [6.07, 6.45) is 16.8. The van der Waals surface area contributed by atoms with E-state index in [0.29, 0.717) is 41.9 Å². The molecule has 35 heavy (non-hydrogen) atoms. The first-order valence-corrected chi connectivity index (χ1v) is 15.0. The molecule has 1 aromatic carbocycles. The second kappa shape index (κ2) is 13.6.